The summed E-state index contributed by atoms with van der Waals surface area (Å²) in [6, 6.07) is 1.69. The number of urea groups is 1. The summed E-state index contributed by atoms with van der Waals surface area (Å²) in [7, 11) is 1.83. The van der Waals surface area contributed by atoms with Crippen LogP contribution >= 0.6 is 0 Å². The number of rotatable bonds is 3. The van der Waals surface area contributed by atoms with E-state index in [1.54, 1.807) is 23.3 Å². The predicted octanol–water partition coefficient (Wildman–Crippen LogP) is 1.47. The van der Waals surface area contributed by atoms with Crippen LogP contribution in [-0.4, -0.2) is 31.3 Å². The molecule has 0 spiro atoms. The monoisotopic (exact) mass is 288 g/mol. The first-order chi connectivity index (χ1) is 9.85. The molecule has 0 saturated heterocycles. The van der Waals surface area contributed by atoms with E-state index in [2.05, 4.69) is 25.7 Å². The van der Waals surface area contributed by atoms with E-state index < -0.39 is 0 Å². The summed E-state index contributed by atoms with van der Waals surface area (Å²) in [6.45, 7) is 6.19. The molecule has 0 fully saturated rings. The summed E-state index contributed by atoms with van der Waals surface area (Å²) in [5.74, 6) is 0. The van der Waals surface area contributed by atoms with Crippen LogP contribution in [0.15, 0.2) is 24.7 Å². The van der Waals surface area contributed by atoms with Gasteiger partial charge in [0.1, 0.15) is 11.4 Å². The molecule has 0 unspecified atom stereocenters. The fourth-order valence-electron chi connectivity index (χ4n) is 1.78. The van der Waals surface area contributed by atoms with Gasteiger partial charge in [-0.25, -0.2) is 4.79 Å². The van der Waals surface area contributed by atoms with Gasteiger partial charge in [0.25, 0.3) is 0 Å². The van der Waals surface area contributed by atoms with Gasteiger partial charge < -0.3 is 10.6 Å². The normalized spacial score (nSPS) is 11.2. The molecule has 0 bridgehead atoms. The quantitative estimate of drug-likeness (QED) is 0.895. The van der Waals surface area contributed by atoms with Gasteiger partial charge in [0, 0.05) is 25.0 Å². The number of hydrogen-bond acceptors (Lipinski definition) is 4. The lowest BCUT2D eigenvalue weighted by atomic mass is 10.1. The van der Waals surface area contributed by atoms with Crippen LogP contribution in [-0.2, 0) is 13.6 Å². The van der Waals surface area contributed by atoms with Crippen molar-refractivity contribution < 1.29 is 4.79 Å². The Morgan fingerprint density at radius 2 is 2.05 bits per heavy atom. The maximum Gasteiger partial charge on any atom is 0.315 e. The molecule has 21 heavy (non-hydrogen) atoms. The molecule has 2 rings (SSSR count). The second kappa shape index (κ2) is 5.90. The first kappa shape index (κ1) is 15.0. The highest BCUT2D eigenvalue weighted by molar-refractivity contribution is 5.74. The summed E-state index contributed by atoms with van der Waals surface area (Å²) < 4.78 is 1.72. The Kier molecular flexibility index (Phi) is 4.21. The average molecular weight is 288 g/mol. The molecule has 0 aliphatic carbocycles. The van der Waals surface area contributed by atoms with E-state index in [0.29, 0.717) is 12.2 Å². The first-order valence-corrected chi connectivity index (χ1v) is 6.70. The second-order valence-corrected chi connectivity index (χ2v) is 5.79. The SMILES string of the molecule is Cn1nc(-c2cnccn2)cc1CNC(=O)NC(C)(C)C. The number of amides is 2. The summed E-state index contributed by atoms with van der Waals surface area (Å²) in [5.41, 5.74) is 2.07. The van der Waals surface area contributed by atoms with Crippen molar-refractivity contribution in [3.05, 3.63) is 30.4 Å². The molecule has 7 nitrogen and oxygen atoms in total. The maximum atomic E-state index is 11.7. The van der Waals surface area contributed by atoms with Gasteiger partial charge in [0.05, 0.1) is 18.4 Å². The fourth-order valence-corrected chi connectivity index (χ4v) is 1.78. The summed E-state index contributed by atoms with van der Waals surface area (Å²) in [4.78, 5) is 20.0. The van der Waals surface area contributed by atoms with Crippen molar-refractivity contribution in [3.63, 3.8) is 0 Å². The summed E-state index contributed by atoms with van der Waals surface area (Å²) >= 11 is 0. The van der Waals surface area contributed by atoms with E-state index in [1.807, 2.05) is 33.9 Å². The molecule has 2 aromatic rings. The molecule has 0 atom stereocenters. The molecular formula is C14H20N6O. The van der Waals surface area contributed by atoms with Crippen molar-refractivity contribution in [3.8, 4) is 11.4 Å². The van der Waals surface area contributed by atoms with Crippen LogP contribution in [0.3, 0.4) is 0 Å². The lowest BCUT2D eigenvalue weighted by Crippen LogP contribution is -2.46. The second-order valence-electron chi connectivity index (χ2n) is 5.79. The standard InChI is InChI=1S/C14H20N6O/c1-14(2,3)18-13(21)17-8-10-7-11(19-20(10)4)12-9-15-5-6-16-12/h5-7,9H,8H2,1-4H3,(H2,17,18,21). The molecule has 0 aliphatic heterocycles. The summed E-state index contributed by atoms with van der Waals surface area (Å²) in [5, 5.41) is 10.0. The largest absolute Gasteiger partial charge is 0.334 e. The van der Waals surface area contributed by atoms with Crippen molar-refractivity contribution in [1.29, 1.82) is 0 Å². The lowest BCUT2D eigenvalue weighted by Gasteiger charge is -2.20. The van der Waals surface area contributed by atoms with Crippen LogP contribution in [0.1, 0.15) is 26.5 Å². The number of carbonyl (C=O) groups is 1. The predicted molar refractivity (Wildman–Crippen MR) is 79.4 cm³/mol. The highest BCUT2D eigenvalue weighted by Crippen LogP contribution is 2.14. The minimum Gasteiger partial charge on any atom is -0.334 e. The molecule has 0 aromatic carbocycles. The van der Waals surface area contributed by atoms with E-state index >= 15 is 0 Å². The van der Waals surface area contributed by atoms with Gasteiger partial charge in [0.2, 0.25) is 0 Å². The fraction of sp³-hybridized carbons (Fsp3) is 0.429. The molecule has 2 amide bonds. The van der Waals surface area contributed by atoms with Crippen LogP contribution in [0.2, 0.25) is 0 Å². The van der Waals surface area contributed by atoms with Gasteiger partial charge in [-0.15, -0.1) is 0 Å². The molecule has 2 N–H and O–H groups in total. The average Bonchev–Trinajstić information content (AvgIpc) is 2.77. The topological polar surface area (TPSA) is 84.7 Å². The zero-order valence-corrected chi connectivity index (χ0v) is 12.7. The lowest BCUT2D eigenvalue weighted by molar-refractivity contribution is 0.231. The number of aromatic nitrogens is 4. The van der Waals surface area contributed by atoms with Gasteiger partial charge in [-0.3, -0.25) is 14.6 Å². The highest BCUT2D eigenvalue weighted by Gasteiger charge is 2.14. The van der Waals surface area contributed by atoms with Crippen LogP contribution in [0, 0.1) is 0 Å². The van der Waals surface area contributed by atoms with Crippen molar-refractivity contribution in [1.82, 2.24) is 30.4 Å². The van der Waals surface area contributed by atoms with E-state index in [4.69, 9.17) is 0 Å². The Morgan fingerprint density at radius 3 is 2.67 bits per heavy atom. The maximum absolute atomic E-state index is 11.7. The Bertz CT molecular complexity index is 614. The number of hydrogen-bond donors (Lipinski definition) is 2. The molecule has 0 saturated carbocycles. The number of nitrogens with one attached hydrogen (secondary N) is 2. The molecule has 2 heterocycles. The Labute approximate surface area is 123 Å². The molecule has 7 heteroatoms. The van der Waals surface area contributed by atoms with E-state index in [1.165, 1.54) is 0 Å². The summed E-state index contributed by atoms with van der Waals surface area (Å²) in [6.07, 6.45) is 4.90. The number of carbonyl (C=O) groups excluding carboxylic acids is 1. The Balaban J connectivity index is 2.02. The van der Waals surface area contributed by atoms with Crippen molar-refractivity contribution in [2.24, 2.45) is 7.05 Å². The smallest absolute Gasteiger partial charge is 0.315 e. The van der Waals surface area contributed by atoms with E-state index in [-0.39, 0.29) is 11.6 Å². The van der Waals surface area contributed by atoms with Crippen LogP contribution in [0.25, 0.3) is 11.4 Å². The first-order valence-electron chi connectivity index (χ1n) is 6.70. The minimum absolute atomic E-state index is 0.204. The van der Waals surface area contributed by atoms with Crippen LogP contribution in [0.5, 0.6) is 0 Å². The minimum atomic E-state index is -0.263. The van der Waals surface area contributed by atoms with Gasteiger partial charge in [-0.2, -0.15) is 5.10 Å². The van der Waals surface area contributed by atoms with Gasteiger partial charge in [-0.05, 0) is 26.8 Å². The molecule has 112 valence electrons. The van der Waals surface area contributed by atoms with Crippen LogP contribution in [0.4, 0.5) is 4.79 Å². The third kappa shape index (κ3) is 4.27. The highest BCUT2D eigenvalue weighted by atomic mass is 16.2. The Hall–Kier alpha value is -2.44. The van der Waals surface area contributed by atoms with E-state index in [0.717, 1.165) is 11.4 Å². The van der Waals surface area contributed by atoms with Crippen LogP contribution < -0.4 is 10.6 Å². The molecule has 0 aliphatic rings. The number of nitrogens with zero attached hydrogens (tertiary/aromatic N) is 4. The van der Waals surface area contributed by atoms with Crippen molar-refractivity contribution >= 4 is 6.03 Å². The van der Waals surface area contributed by atoms with Gasteiger partial charge in [-0.1, -0.05) is 0 Å². The zero-order chi connectivity index (χ0) is 15.5. The molecular weight excluding hydrogens is 268 g/mol. The van der Waals surface area contributed by atoms with Crippen molar-refractivity contribution in [2.45, 2.75) is 32.9 Å². The molecule has 2 aromatic heterocycles. The number of aryl methyl sites for hydroxylation is 1. The third-order valence-electron chi connectivity index (χ3n) is 2.72. The Morgan fingerprint density at radius 1 is 1.29 bits per heavy atom. The zero-order valence-electron chi connectivity index (χ0n) is 12.7. The molecule has 0 radical (unpaired) electrons. The van der Waals surface area contributed by atoms with Crippen molar-refractivity contribution in [2.75, 3.05) is 0 Å². The third-order valence-corrected chi connectivity index (χ3v) is 2.72. The van der Waals surface area contributed by atoms with E-state index in [9.17, 15) is 4.79 Å². The van der Waals surface area contributed by atoms with Gasteiger partial charge in [0.15, 0.2) is 0 Å². The van der Waals surface area contributed by atoms with Gasteiger partial charge >= 0.3 is 6.03 Å².